The van der Waals surface area contributed by atoms with E-state index >= 15 is 0 Å². The highest BCUT2D eigenvalue weighted by atomic mass is 16.5. The molecule has 0 aromatic rings. The fourth-order valence-corrected chi connectivity index (χ4v) is 1.73. The van der Waals surface area contributed by atoms with E-state index in [0.29, 0.717) is 19.4 Å². The van der Waals surface area contributed by atoms with Crippen molar-refractivity contribution in [1.29, 1.82) is 0 Å². The van der Waals surface area contributed by atoms with Crippen molar-refractivity contribution in [2.24, 2.45) is 11.7 Å². The van der Waals surface area contributed by atoms with E-state index in [9.17, 15) is 14.4 Å². The normalized spacial score (nSPS) is 13.3. The van der Waals surface area contributed by atoms with Crippen LogP contribution in [0.15, 0.2) is 0 Å². The van der Waals surface area contributed by atoms with E-state index in [-0.39, 0.29) is 18.9 Å². The summed E-state index contributed by atoms with van der Waals surface area (Å²) < 4.78 is 4.65. The number of carboxylic acid groups (broad SMARTS) is 1. The zero-order valence-corrected chi connectivity index (χ0v) is 12.1. The number of hydrogen-bond acceptors (Lipinski definition) is 5. The maximum absolute atomic E-state index is 11.6. The van der Waals surface area contributed by atoms with Crippen LogP contribution >= 0.6 is 0 Å². The lowest BCUT2D eigenvalue weighted by Crippen LogP contribution is -2.47. The molecule has 20 heavy (non-hydrogen) atoms. The third-order valence-corrected chi connectivity index (χ3v) is 3.02. The van der Waals surface area contributed by atoms with Crippen molar-refractivity contribution in [3.63, 3.8) is 0 Å². The topological polar surface area (TPSA) is 119 Å². The van der Waals surface area contributed by atoms with Gasteiger partial charge in [-0.05, 0) is 25.7 Å². The predicted molar refractivity (Wildman–Crippen MR) is 72.9 cm³/mol. The summed E-state index contributed by atoms with van der Waals surface area (Å²) in [7, 11) is 0. The molecule has 0 rings (SSSR count). The van der Waals surface area contributed by atoms with Crippen molar-refractivity contribution >= 4 is 17.8 Å². The van der Waals surface area contributed by atoms with Crippen molar-refractivity contribution in [3.05, 3.63) is 0 Å². The molecule has 0 fully saturated rings. The Bertz CT molecular complexity index is 333. The Kier molecular flexibility index (Phi) is 9.36. The van der Waals surface area contributed by atoms with Gasteiger partial charge < -0.3 is 20.9 Å². The molecule has 0 heterocycles. The molecule has 0 aliphatic carbocycles. The van der Waals surface area contributed by atoms with Crippen LogP contribution in [0.2, 0.25) is 0 Å². The predicted octanol–water partition coefficient (Wildman–Crippen LogP) is 0.274. The molecule has 0 aliphatic heterocycles. The molecule has 7 heteroatoms. The zero-order chi connectivity index (χ0) is 15.5. The minimum absolute atomic E-state index is 0.120. The highest BCUT2D eigenvalue weighted by Crippen LogP contribution is 2.14. The molecule has 0 spiro atoms. The van der Waals surface area contributed by atoms with Crippen molar-refractivity contribution in [2.45, 2.75) is 45.6 Å². The fraction of sp³-hybridized carbons (Fsp3) is 0.769. The minimum atomic E-state index is -1.31. The van der Waals surface area contributed by atoms with Gasteiger partial charge in [-0.15, -0.1) is 0 Å². The van der Waals surface area contributed by atoms with Gasteiger partial charge in [-0.25, -0.2) is 4.79 Å². The molecule has 0 aromatic carbocycles. The van der Waals surface area contributed by atoms with E-state index in [1.165, 1.54) is 0 Å². The molecule has 0 aliphatic rings. The van der Waals surface area contributed by atoms with Gasteiger partial charge >= 0.3 is 11.9 Å². The van der Waals surface area contributed by atoms with E-state index in [4.69, 9.17) is 10.8 Å². The van der Waals surface area contributed by atoms with Crippen LogP contribution in [-0.2, 0) is 19.1 Å². The molecule has 1 amide bonds. The van der Waals surface area contributed by atoms with Crippen LogP contribution in [0.25, 0.3) is 0 Å². The first-order valence-electron chi connectivity index (χ1n) is 6.84. The number of rotatable bonds is 10. The fourth-order valence-electron chi connectivity index (χ4n) is 1.73. The number of hydrogen-bond donors (Lipinski definition) is 3. The van der Waals surface area contributed by atoms with Gasteiger partial charge in [0.25, 0.3) is 0 Å². The molecule has 116 valence electrons. The van der Waals surface area contributed by atoms with Crippen molar-refractivity contribution in [2.75, 3.05) is 13.2 Å². The summed E-state index contributed by atoms with van der Waals surface area (Å²) in [4.78, 5) is 33.3. The SMILES string of the molecule is CCOC(=O)C(N)C(=O)NCCC(CC)CCC(=O)O. The number of nitrogens with one attached hydrogen (secondary N) is 1. The molecule has 4 N–H and O–H groups in total. The van der Waals surface area contributed by atoms with Crippen LogP contribution in [0.1, 0.15) is 39.5 Å². The second kappa shape index (κ2) is 10.2. The highest BCUT2D eigenvalue weighted by molar-refractivity contribution is 6.01. The largest absolute Gasteiger partial charge is 0.481 e. The summed E-state index contributed by atoms with van der Waals surface area (Å²) in [5.41, 5.74) is 5.43. The molecule has 0 radical (unpaired) electrons. The number of amides is 1. The third-order valence-electron chi connectivity index (χ3n) is 3.02. The van der Waals surface area contributed by atoms with Crippen LogP contribution in [0, 0.1) is 5.92 Å². The lowest BCUT2D eigenvalue weighted by Gasteiger charge is -2.15. The van der Waals surface area contributed by atoms with Crippen LogP contribution in [-0.4, -0.2) is 42.1 Å². The Hall–Kier alpha value is -1.63. The van der Waals surface area contributed by atoms with Gasteiger partial charge in [0.1, 0.15) is 0 Å². The summed E-state index contributed by atoms with van der Waals surface area (Å²) in [6.45, 7) is 4.15. The van der Waals surface area contributed by atoms with Gasteiger partial charge in [-0.3, -0.25) is 9.59 Å². The molecule has 0 saturated carbocycles. The van der Waals surface area contributed by atoms with Gasteiger partial charge in [0.05, 0.1) is 6.61 Å². The Morgan fingerprint density at radius 2 is 1.90 bits per heavy atom. The molecule has 7 nitrogen and oxygen atoms in total. The minimum Gasteiger partial charge on any atom is -0.481 e. The summed E-state index contributed by atoms with van der Waals surface area (Å²) in [6.07, 6.45) is 2.19. The first-order chi connectivity index (χ1) is 9.42. The van der Waals surface area contributed by atoms with E-state index in [0.717, 1.165) is 6.42 Å². The van der Waals surface area contributed by atoms with Gasteiger partial charge in [0, 0.05) is 13.0 Å². The summed E-state index contributed by atoms with van der Waals surface area (Å²) in [5.74, 6) is -1.92. The average molecular weight is 288 g/mol. The highest BCUT2D eigenvalue weighted by Gasteiger charge is 2.23. The lowest BCUT2D eigenvalue weighted by atomic mass is 9.96. The van der Waals surface area contributed by atoms with Gasteiger partial charge in [-0.1, -0.05) is 13.3 Å². The van der Waals surface area contributed by atoms with Crippen molar-refractivity contribution in [1.82, 2.24) is 5.32 Å². The average Bonchev–Trinajstić information content (AvgIpc) is 2.41. The molecule has 2 unspecified atom stereocenters. The van der Waals surface area contributed by atoms with Gasteiger partial charge in [-0.2, -0.15) is 0 Å². The summed E-state index contributed by atoms with van der Waals surface area (Å²) >= 11 is 0. The number of carbonyl (C=O) groups excluding carboxylic acids is 2. The maximum Gasteiger partial charge on any atom is 0.332 e. The standard InChI is InChI=1S/C13H24N2O5/c1-3-9(5-6-10(16)17)7-8-15-12(18)11(14)13(19)20-4-2/h9,11H,3-8,14H2,1-2H3,(H,15,18)(H,16,17). The lowest BCUT2D eigenvalue weighted by molar-refractivity contribution is -0.148. The molecular formula is C13H24N2O5. The number of esters is 1. The molecule has 0 saturated heterocycles. The van der Waals surface area contributed by atoms with E-state index in [1.54, 1.807) is 6.92 Å². The first kappa shape index (κ1) is 18.4. The number of aliphatic carboxylic acids is 1. The summed E-state index contributed by atoms with van der Waals surface area (Å²) in [5, 5.41) is 11.2. The molecule has 2 atom stereocenters. The Labute approximate surface area is 118 Å². The van der Waals surface area contributed by atoms with Crippen molar-refractivity contribution in [3.8, 4) is 0 Å². The van der Waals surface area contributed by atoms with Crippen LogP contribution in [0.3, 0.4) is 0 Å². The zero-order valence-electron chi connectivity index (χ0n) is 12.1. The quantitative estimate of drug-likeness (QED) is 0.392. The first-order valence-corrected chi connectivity index (χ1v) is 6.84. The van der Waals surface area contributed by atoms with E-state index in [1.807, 2.05) is 6.92 Å². The summed E-state index contributed by atoms with van der Waals surface area (Å²) in [6, 6.07) is -1.31. The Morgan fingerprint density at radius 1 is 1.25 bits per heavy atom. The second-order valence-electron chi connectivity index (χ2n) is 4.52. The molecule has 0 bridgehead atoms. The second-order valence-corrected chi connectivity index (χ2v) is 4.52. The number of nitrogens with two attached hydrogens (primary N) is 1. The maximum atomic E-state index is 11.6. The monoisotopic (exact) mass is 288 g/mol. The van der Waals surface area contributed by atoms with Crippen molar-refractivity contribution < 1.29 is 24.2 Å². The molecular weight excluding hydrogens is 264 g/mol. The van der Waals surface area contributed by atoms with Crippen LogP contribution < -0.4 is 11.1 Å². The third kappa shape index (κ3) is 7.73. The van der Waals surface area contributed by atoms with E-state index < -0.39 is 23.9 Å². The molecule has 0 aromatic heterocycles. The van der Waals surface area contributed by atoms with Gasteiger partial charge in [0.2, 0.25) is 5.91 Å². The Balaban J connectivity index is 3.99. The van der Waals surface area contributed by atoms with Crippen LogP contribution in [0.5, 0.6) is 0 Å². The smallest absolute Gasteiger partial charge is 0.332 e. The Morgan fingerprint density at radius 3 is 2.40 bits per heavy atom. The number of ether oxygens (including phenoxy) is 1. The van der Waals surface area contributed by atoms with Gasteiger partial charge in [0.15, 0.2) is 6.04 Å². The number of carboxylic acids is 1. The van der Waals surface area contributed by atoms with E-state index in [2.05, 4.69) is 10.1 Å². The number of carbonyl (C=O) groups is 3. The van der Waals surface area contributed by atoms with Crippen LogP contribution in [0.4, 0.5) is 0 Å².